The van der Waals surface area contributed by atoms with Crippen molar-refractivity contribution in [3.63, 3.8) is 0 Å². The average molecular weight is 302 g/mol. The Labute approximate surface area is 130 Å². The molecule has 0 aliphatic heterocycles. The highest BCUT2D eigenvalue weighted by Crippen LogP contribution is 2.22. The fraction of sp³-hybridized carbons (Fsp3) is 0.412. The van der Waals surface area contributed by atoms with Crippen LogP contribution in [0.25, 0.3) is 10.9 Å². The molecule has 0 aliphatic carbocycles. The third kappa shape index (κ3) is 3.47. The molecule has 0 radical (unpaired) electrons. The molecule has 0 spiro atoms. The third-order valence-corrected chi connectivity index (χ3v) is 3.90. The first-order chi connectivity index (χ1) is 10.6. The van der Waals surface area contributed by atoms with Crippen molar-refractivity contribution in [1.29, 1.82) is 0 Å². The Morgan fingerprint density at radius 1 is 1.27 bits per heavy atom. The second-order valence-corrected chi connectivity index (χ2v) is 5.25. The molecular formula is C17H22N2O3. The second-order valence-electron chi connectivity index (χ2n) is 5.25. The van der Waals surface area contributed by atoms with Crippen LogP contribution in [0.5, 0.6) is 0 Å². The Balaban J connectivity index is 2.11. The van der Waals surface area contributed by atoms with Crippen molar-refractivity contribution in [2.24, 2.45) is 0 Å². The van der Waals surface area contributed by atoms with E-state index in [2.05, 4.69) is 9.72 Å². The Morgan fingerprint density at radius 3 is 2.68 bits per heavy atom. The number of nitrogens with zero attached hydrogens (tertiary/aromatic N) is 1. The van der Waals surface area contributed by atoms with Crippen molar-refractivity contribution in [2.45, 2.75) is 26.7 Å². The van der Waals surface area contributed by atoms with Crippen molar-refractivity contribution in [3.05, 3.63) is 35.5 Å². The minimum absolute atomic E-state index is 0.0271. The smallest absolute Gasteiger partial charge is 0.307 e. The van der Waals surface area contributed by atoms with Crippen molar-refractivity contribution >= 4 is 22.8 Å². The molecule has 2 rings (SSSR count). The zero-order valence-corrected chi connectivity index (χ0v) is 13.3. The van der Waals surface area contributed by atoms with Crippen LogP contribution < -0.4 is 0 Å². The van der Waals surface area contributed by atoms with Crippen LogP contribution in [0, 0.1) is 6.92 Å². The third-order valence-electron chi connectivity index (χ3n) is 3.90. The van der Waals surface area contributed by atoms with E-state index in [9.17, 15) is 9.59 Å². The lowest BCUT2D eigenvalue weighted by Crippen LogP contribution is -2.34. The normalized spacial score (nSPS) is 10.7. The lowest BCUT2D eigenvalue weighted by molar-refractivity contribution is -0.141. The Bertz CT molecular complexity index is 676. The predicted octanol–water partition coefficient (Wildman–Crippen LogP) is 2.43. The van der Waals surface area contributed by atoms with Gasteiger partial charge < -0.3 is 14.6 Å². The number of rotatable bonds is 6. The molecule has 0 atom stereocenters. The first-order valence-corrected chi connectivity index (χ1v) is 7.47. The van der Waals surface area contributed by atoms with Gasteiger partial charge in [0, 0.05) is 29.7 Å². The summed E-state index contributed by atoms with van der Waals surface area (Å²) in [5, 5.41) is 1.08. The molecule has 118 valence electrons. The molecule has 1 heterocycles. The van der Waals surface area contributed by atoms with Gasteiger partial charge >= 0.3 is 5.97 Å². The molecule has 0 aliphatic rings. The molecule has 22 heavy (non-hydrogen) atoms. The molecule has 1 amide bonds. The zero-order valence-electron chi connectivity index (χ0n) is 13.3. The van der Waals surface area contributed by atoms with E-state index in [1.165, 1.54) is 7.11 Å². The van der Waals surface area contributed by atoms with Crippen LogP contribution in [-0.4, -0.2) is 42.0 Å². The van der Waals surface area contributed by atoms with Gasteiger partial charge in [0.05, 0.1) is 20.0 Å². The Kier molecular flexibility index (Phi) is 5.20. The van der Waals surface area contributed by atoms with Gasteiger partial charge in [0.1, 0.15) is 0 Å². The molecule has 0 fully saturated rings. The number of aryl methyl sites for hydroxylation is 1. The van der Waals surface area contributed by atoms with Gasteiger partial charge in [0.25, 0.3) is 0 Å². The summed E-state index contributed by atoms with van der Waals surface area (Å²) in [4.78, 5) is 28.7. The van der Waals surface area contributed by atoms with Gasteiger partial charge in [0.15, 0.2) is 0 Å². The number of hydrogen-bond donors (Lipinski definition) is 1. The Hall–Kier alpha value is -2.30. The average Bonchev–Trinajstić information content (AvgIpc) is 2.83. The number of nitrogens with one attached hydrogen (secondary N) is 1. The lowest BCUT2D eigenvalue weighted by Gasteiger charge is -2.20. The molecule has 5 heteroatoms. The Morgan fingerprint density at radius 2 is 2.00 bits per heavy atom. The summed E-state index contributed by atoms with van der Waals surface area (Å²) in [6.07, 6.45) is 0.563. The maximum Gasteiger partial charge on any atom is 0.307 e. The summed E-state index contributed by atoms with van der Waals surface area (Å²) in [7, 11) is 1.36. The highest BCUT2D eigenvalue weighted by atomic mass is 16.5. The number of ether oxygens (including phenoxy) is 1. The van der Waals surface area contributed by atoms with E-state index in [0.717, 1.165) is 22.2 Å². The van der Waals surface area contributed by atoms with E-state index >= 15 is 0 Å². The molecule has 1 aromatic heterocycles. The molecular weight excluding hydrogens is 280 g/mol. The predicted molar refractivity (Wildman–Crippen MR) is 85.6 cm³/mol. The number of hydrogen-bond acceptors (Lipinski definition) is 3. The van der Waals surface area contributed by atoms with Crippen molar-refractivity contribution in [2.75, 3.05) is 20.2 Å². The number of benzene rings is 1. The molecule has 5 nitrogen and oxygen atoms in total. The van der Waals surface area contributed by atoms with Crippen LogP contribution in [0.4, 0.5) is 0 Å². The summed E-state index contributed by atoms with van der Waals surface area (Å²) in [6.45, 7) is 4.87. The van der Waals surface area contributed by atoms with E-state index in [4.69, 9.17) is 0 Å². The van der Waals surface area contributed by atoms with E-state index in [0.29, 0.717) is 19.5 Å². The standard InChI is InChI=1S/C17H22N2O3/c1-4-19(10-9-17(21)22-3)16(20)11-14-12(2)18-15-8-6-5-7-13(14)15/h5-8,18H,4,9-11H2,1-3H3. The number of aromatic nitrogens is 1. The van der Waals surface area contributed by atoms with E-state index < -0.39 is 0 Å². The fourth-order valence-electron chi connectivity index (χ4n) is 2.61. The van der Waals surface area contributed by atoms with Gasteiger partial charge in [-0.05, 0) is 25.5 Å². The van der Waals surface area contributed by atoms with Crippen LogP contribution in [0.2, 0.25) is 0 Å². The minimum atomic E-state index is -0.297. The molecule has 0 unspecified atom stereocenters. The van der Waals surface area contributed by atoms with Crippen LogP contribution in [0.3, 0.4) is 0 Å². The summed E-state index contributed by atoms with van der Waals surface area (Å²) in [5.41, 5.74) is 3.08. The molecule has 0 saturated carbocycles. The number of likely N-dealkylation sites (N-methyl/N-ethyl adjacent to an activating group) is 1. The molecule has 1 aromatic carbocycles. The number of amides is 1. The van der Waals surface area contributed by atoms with Gasteiger partial charge in [-0.3, -0.25) is 9.59 Å². The largest absolute Gasteiger partial charge is 0.469 e. The number of carbonyl (C=O) groups excluding carboxylic acids is 2. The number of para-hydroxylation sites is 1. The van der Waals surface area contributed by atoms with Crippen molar-refractivity contribution < 1.29 is 14.3 Å². The number of aromatic amines is 1. The van der Waals surface area contributed by atoms with E-state index in [1.807, 2.05) is 38.1 Å². The number of esters is 1. The van der Waals surface area contributed by atoms with Gasteiger partial charge in [-0.1, -0.05) is 18.2 Å². The fourth-order valence-corrected chi connectivity index (χ4v) is 2.61. The van der Waals surface area contributed by atoms with Gasteiger partial charge in [0.2, 0.25) is 5.91 Å². The summed E-state index contributed by atoms with van der Waals surface area (Å²) in [5.74, 6) is -0.270. The summed E-state index contributed by atoms with van der Waals surface area (Å²) >= 11 is 0. The van der Waals surface area contributed by atoms with Crippen LogP contribution >= 0.6 is 0 Å². The number of carbonyl (C=O) groups is 2. The lowest BCUT2D eigenvalue weighted by atomic mass is 10.1. The van der Waals surface area contributed by atoms with E-state index in [-0.39, 0.29) is 18.3 Å². The molecule has 2 aromatic rings. The number of methoxy groups -OCH3 is 1. The van der Waals surface area contributed by atoms with Crippen molar-refractivity contribution in [3.8, 4) is 0 Å². The minimum Gasteiger partial charge on any atom is -0.469 e. The van der Waals surface area contributed by atoms with Gasteiger partial charge in [-0.25, -0.2) is 0 Å². The molecule has 0 saturated heterocycles. The number of fused-ring (bicyclic) bond motifs is 1. The first-order valence-electron chi connectivity index (χ1n) is 7.47. The maximum atomic E-state index is 12.5. The SMILES string of the molecule is CCN(CCC(=O)OC)C(=O)Cc1c(C)[nH]c2ccccc12. The number of H-pyrrole nitrogens is 1. The summed E-state index contributed by atoms with van der Waals surface area (Å²) < 4.78 is 4.63. The van der Waals surface area contributed by atoms with E-state index in [1.54, 1.807) is 4.90 Å². The molecule has 1 N–H and O–H groups in total. The van der Waals surface area contributed by atoms with Gasteiger partial charge in [-0.15, -0.1) is 0 Å². The van der Waals surface area contributed by atoms with Crippen LogP contribution in [0.1, 0.15) is 24.6 Å². The van der Waals surface area contributed by atoms with Crippen molar-refractivity contribution in [1.82, 2.24) is 9.88 Å². The second kappa shape index (κ2) is 7.11. The zero-order chi connectivity index (χ0) is 16.1. The summed E-state index contributed by atoms with van der Waals surface area (Å²) in [6, 6.07) is 7.97. The highest BCUT2D eigenvalue weighted by molar-refractivity contribution is 5.90. The maximum absolute atomic E-state index is 12.5. The topological polar surface area (TPSA) is 62.4 Å². The quantitative estimate of drug-likeness (QED) is 0.834. The first kappa shape index (κ1) is 16.1. The van der Waals surface area contributed by atoms with Gasteiger partial charge in [-0.2, -0.15) is 0 Å². The monoisotopic (exact) mass is 302 g/mol. The highest BCUT2D eigenvalue weighted by Gasteiger charge is 2.17. The van der Waals surface area contributed by atoms with Crippen LogP contribution in [-0.2, 0) is 20.7 Å². The molecule has 0 bridgehead atoms. The van der Waals surface area contributed by atoms with Crippen LogP contribution in [0.15, 0.2) is 24.3 Å².